The molecule has 0 spiro atoms. The highest BCUT2D eigenvalue weighted by atomic mass is 16.4. The topological polar surface area (TPSA) is 63.3 Å². The minimum atomic E-state index is -0.962. The number of nitrogens with two attached hydrogens (primary N) is 1. The smallest absolute Gasteiger partial charge is 0.321 e. The van der Waals surface area contributed by atoms with Gasteiger partial charge >= 0.3 is 5.97 Å². The summed E-state index contributed by atoms with van der Waals surface area (Å²) in [6.07, 6.45) is 0. The zero-order chi connectivity index (χ0) is 9.84. The summed E-state index contributed by atoms with van der Waals surface area (Å²) >= 11 is 0. The van der Waals surface area contributed by atoms with E-state index in [2.05, 4.69) is 0 Å². The highest BCUT2D eigenvalue weighted by Gasteiger charge is 2.20. The second-order valence-corrected chi connectivity index (χ2v) is 3.06. The molecular weight excluding hydrogens is 166 g/mol. The lowest BCUT2D eigenvalue weighted by Gasteiger charge is -2.15. The van der Waals surface area contributed by atoms with Gasteiger partial charge in [0.15, 0.2) is 0 Å². The van der Waals surface area contributed by atoms with Crippen LogP contribution in [0.2, 0.25) is 0 Å². The largest absolute Gasteiger partial charge is 0.480 e. The molecule has 0 saturated carbocycles. The van der Waals surface area contributed by atoms with E-state index in [1.165, 1.54) is 0 Å². The first kappa shape index (κ1) is 9.74. The number of rotatable bonds is 3. The minimum absolute atomic E-state index is 0.154. The average Bonchev–Trinajstić information content (AvgIpc) is 2.17. The molecule has 70 valence electrons. The molecule has 3 heteroatoms. The van der Waals surface area contributed by atoms with Gasteiger partial charge in [-0.25, -0.2) is 0 Å². The van der Waals surface area contributed by atoms with Crippen molar-refractivity contribution in [3.8, 4) is 0 Å². The molecule has 0 aliphatic rings. The third-order valence-electron chi connectivity index (χ3n) is 2.15. The molecule has 1 aromatic rings. The van der Waals surface area contributed by atoms with Crippen molar-refractivity contribution in [3.63, 3.8) is 0 Å². The van der Waals surface area contributed by atoms with E-state index in [0.29, 0.717) is 0 Å². The maximum absolute atomic E-state index is 10.6. The van der Waals surface area contributed by atoms with Crippen LogP contribution < -0.4 is 5.73 Å². The Hall–Kier alpha value is -1.35. The molecule has 2 atom stereocenters. The predicted octanol–water partition coefficient (Wildman–Crippen LogP) is 1.20. The first-order valence-corrected chi connectivity index (χ1v) is 4.16. The molecule has 0 fully saturated rings. The first-order valence-electron chi connectivity index (χ1n) is 4.16. The van der Waals surface area contributed by atoms with Crippen molar-refractivity contribution >= 4 is 5.97 Å². The molecule has 3 nitrogen and oxygen atoms in total. The summed E-state index contributed by atoms with van der Waals surface area (Å²) in [6, 6.07) is 8.58. The fourth-order valence-corrected chi connectivity index (χ4v) is 1.18. The van der Waals surface area contributed by atoms with Gasteiger partial charge in [0.25, 0.3) is 0 Å². The lowest BCUT2D eigenvalue weighted by atomic mass is 9.94. The van der Waals surface area contributed by atoms with Crippen LogP contribution in [0.15, 0.2) is 30.3 Å². The Kier molecular flexibility index (Phi) is 3.03. The van der Waals surface area contributed by atoms with Crippen LogP contribution in [0.1, 0.15) is 18.4 Å². The number of carboxylic acids is 1. The van der Waals surface area contributed by atoms with E-state index in [9.17, 15) is 4.79 Å². The van der Waals surface area contributed by atoms with Crippen LogP contribution in [0, 0.1) is 0 Å². The van der Waals surface area contributed by atoms with Crippen molar-refractivity contribution in [2.75, 3.05) is 0 Å². The molecule has 0 unspecified atom stereocenters. The summed E-state index contributed by atoms with van der Waals surface area (Å²) in [5, 5.41) is 8.69. The Morgan fingerprint density at radius 1 is 1.38 bits per heavy atom. The van der Waals surface area contributed by atoms with Crippen LogP contribution in [-0.2, 0) is 4.79 Å². The van der Waals surface area contributed by atoms with Crippen molar-refractivity contribution in [1.29, 1.82) is 0 Å². The van der Waals surface area contributed by atoms with Crippen LogP contribution in [0.3, 0.4) is 0 Å². The fourth-order valence-electron chi connectivity index (χ4n) is 1.18. The van der Waals surface area contributed by atoms with Crippen LogP contribution in [0.25, 0.3) is 0 Å². The Labute approximate surface area is 77.2 Å². The van der Waals surface area contributed by atoms with Crippen molar-refractivity contribution in [3.05, 3.63) is 35.9 Å². The van der Waals surface area contributed by atoms with E-state index >= 15 is 0 Å². The number of carbonyl (C=O) groups is 1. The van der Waals surface area contributed by atoms with Gasteiger partial charge in [-0.1, -0.05) is 37.3 Å². The Morgan fingerprint density at radius 3 is 2.38 bits per heavy atom. The number of aliphatic carboxylic acids is 1. The molecule has 0 heterocycles. The van der Waals surface area contributed by atoms with Gasteiger partial charge in [-0.05, 0) is 5.56 Å². The first-order chi connectivity index (χ1) is 6.13. The average molecular weight is 179 g/mol. The summed E-state index contributed by atoms with van der Waals surface area (Å²) in [5.41, 5.74) is 6.45. The van der Waals surface area contributed by atoms with E-state index < -0.39 is 12.0 Å². The monoisotopic (exact) mass is 179 g/mol. The Bertz CT molecular complexity index is 284. The van der Waals surface area contributed by atoms with Crippen molar-refractivity contribution in [2.45, 2.75) is 18.9 Å². The number of carboxylic acid groups (broad SMARTS) is 1. The summed E-state index contributed by atoms with van der Waals surface area (Å²) in [5.74, 6) is -1.12. The van der Waals surface area contributed by atoms with Crippen LogP contribution in [0.4, 0.5) is 0 Å². The lowest BCUT2D eigenvalue weighted by molar-refractivity contribution is -0.139. The minimum Gasteiger partial charge on any atom is -0.480 e. The molecule has 1 rings (SSSR count). The SMILES string of the molecule is C[C@H](c1ccccc1)[C@H](N)C(=O)O. The second kappa shape index (κ2) is 4.05. The van der Waals surface area contributed by atoms with Crippen LogP contribution in [0.5, 0.6) is 0 Å². The zero-order valence-corrected chi connectivity index (χ0v) is 7.47. The van der Waals surface area contributed by atoms with Crippen LogP contribution >= 0.6 is 0 Å². The molecule has 0 radical (unpaired) electrons. The van der Waals surface area contributed by atoms with E-state index in [4.69, 9.17) is 10.8 Å². The number of hydrogen-bond donors (Lipinski definition) is 2. The van der Waals surface area contributed by atoms with Gasteiger partial charge in [0.1, 0.15) is 6.04 Å². The van der Waals surface area contributed by atoms with Crippen LogP contribution in [-0.4, -0.2) is 17.1 Å². The van der Waals surface area contributed by atoms with E-state index in [1.54, 1.807) is 0 Å². The molecule has 0 bridgehead atoms. The third kappa shape index (κ3) is 2.29. The lowest BCUT2D eigenvalue weighted by Crippen LogP contribution is -2.35. The molecule has 0 amide bonds. The van der Waals surface area contributed by atoms with E-state index in [0.717, 1.165) is 5.56 Å². The number of hydrogen-bond acceptors (Lipinski definition) is 2. The maximum atomic E-state index is 10.6. The summed E-state index contributed by atoms with van der Waals surface area (Å²) in [4.78, 5) is 10.6. The molecule has 13 heavy (non-hydrogen) atoms. The van der Waals surface area contributed by atoms with E-state index in [-0.39, 0.29) is 5.92 Å². The normalized spacial score (nSPS) is 14.9. The highest BCUT2D eigenvalue weighted by molar-refractivity contribution is 5.74. The highest BCUT2D eigenvalue weighted by Crippen LogP contribution is 2.17. The summed E-state index contributed by atoms with van der Waals surface area (Å²) in [7, 11) is 0. The Morgan fingerprint density at radius 2 is 1.92 bits per heavy atom. The van der Waals surface area contributed by atoms with Gasteiger partial charge in [-0.15, -0.1) is 0 Å². The van der Waals surface area contributed by atoms with Crippen molar-refractivity contribution in [2.24, 2.45) is 5.73 Å². The van der Waals surface area contributed by atoms with E-state index in [1.807, 2.05) is 37.3 Å². The molecule has 0 aromatic heterocycles. The standard InChI is InChI=1S/C10H13NO2/c1-7(9(11)10(12)13)8-5-3-2-4-6-8/h2-7,9H,11H2,1H3,(H,12,13)/t7-,9+/m1/s1. The van der Waals surface area contributed by atoms with Gasteiger partial charge in [-0.2, -0.15) is 0 Å². The zero-order valence-electron chi connectivity index (χ0n) is 7.47. The van der Waals surface area contributed by atoms with Gasteiger partial charge in [0.2, 0.25) is 0 Å². The maximum Gasteiger partial charge on any atom is 0.321 e. The van der Waals surface area contributed by atoms with Gasteiger partial charge < -0.3 is 10.8 Å². The molecule has 1 aromatic carbocycles. The molecule has 0 saturated heterocycles. The van der Waals surface area contributed by atoms with Gasteiger partial charge in [0, 0.05) is 5.92 Å². The van der Waals surface area contributed by atoms with Crippen molar-refractivity contribution in [1.82, 2.24) is 0 Å². The fraction of sp³-hybridized carbons (Fsp3) is 0.300. The van der Waals surface area contributed by atoms with Crippen molar-refractivity contribution < 1.29 is 9.90 Å². The number of benzene rings is 1. The molecule has 3 N–H and O–H groups in total. The summed E-state index contributed by atoms with van der Waals surface area (Å²) < 4.78 is 0. The van der Waals surface area contributed by atoms with Gasteiger partial charge in [-0.3, -0.25) is 4.79 Å². The molecular formula is C10H13NO2. The van der Waals surface area contributed by atoms with Gasteiger partial charge in [0.05, 0.1) is 0 Å². The third-order valence-corrected chi connectivity index (χ3v) is 2.15. The molecule has 0 aliphatic heterocycles. The second-order valence-electron chi connectivity index (χ2n) is 3.06. The molecule has 0 aliphatic carbocycles. The quantitative estimate of drug-likeness (QED) is 0.732. The predicted molar refractivity (Wildman–Crippen MR) is 50.5 cm³/mol. The Balaban J connectivity index is 2.79. The summed E-state index contributed by atoms with van der Waals surface area (Å²) in [6.45, 7) is 1.81.